The van der Waals surface area contributed by atoms with Crippen LogP contribution in [-0.4, -0.2) is 24.7 Å². The van der Waals surface area contributed by atoms with Crippen LogP contribution < -0.4 is 20.5 Å². The Hall–Kier alpha value is -1.46. The average Bonchev–Trinajstić information content (AvgIpc) is 2.98. The minimum Gasteiger partial charge on any atom is -0.494 e. The lowest BCUT2D eigenvalue weighted by molar-refractivity contribution is -0.128. The van der Waals surface area contributed by atoms with Crippen LogP contribution >= 0.6 is 12.4 Å². The van der Waals surface area contributed by atoms with E-state index >= 15 is 0 Å². The lowest BCUT2D eigenvalue weighted by Crippen LogP contribution is -2.49. The number of fused-ring (bicyclic) bond motifs is 3. The van der Waals surface area contributed by atoms with Crippen LogP contribution in [0.25, 0.3) is 0 Å². The van der Waals surface area contributed by atoms with Crippen molar-refractivity contribution in [3.05, 3.63) is 23.3 Å². The van der Waals surface area contributed by atoms with Crippen LogP contribution in [0.2, 0.25) is 0 Å². The van der Waals surface area contributed by atoms with Crippen LogP contribution in [0.5, 0.6) is 11.5 Å². The van der Waals surface area contributed by atoms with E-state index in [1.807, 2.05) is 13.0 Å². The van der Waals surface area contributed by atoms with Crippen molar-refractivity contribution >= 4 is 18.3 Å². The number of hydrogen-bond acceptors (Lipinski definition) is 4. The van der Waals surface area contributed by atoms with Gasteiger partial charge in [-0.2, -0.15) is 0 Å². The molecule has 1 aromatic carbocycles. The molecule has 1 heterocycles. The fourth-order valence-corrected chi connectivity index (χ4v) is 5.24. The first-order chi connectivity index (χ1) is 13.0. The summed E-state index contributed by atoms with van der Waals surface area (Å²) < 4.78 is 11.7. The summed E-state index contributed by atoms with van der Waals surface area (Å²) in [5, 5.41) is 3.16. The van der Waals surface area contributed by atoms with Gasteiger partial charge in [0.2, 0.25) is 5.91 Å². The number of halogens is 1. The van der Waals surface area contributed by atoms with Gasteiger partial charge in [0.1, 0.15) is 17.6 Å². The zero-order chi connectivity index (χ0) is 19.0. The van der Waals surface area contributed by atoms with Gasteiger partial charge in [-0.1, -0.05) is 6.42 Å². The van der Waals surface area contributed by atoms with Gasteiger partial charge in [0.25, 0.3) is 0 Å². The second-order valence-electron chi connectivity index (χ2n) is 8.55. The zero-order valence-electron chi connectivity index (χ0n) is 16.9. The third kappa shape index (κ3) is 4.25. The van der Waals surface area contributed by atoms with Crippen molar-refractivity contribution in [3.63, 3.8) is 0 Å². The van der Waals surface area contributed by atoms with E-state index in [1.165, 1.54) is 24.8 Å². The smallest absolute Gasteiger partial charge is 0.223 e. The van der Waals surface area contributed by atoms with Gasteiger partial charge >= 0.3 is 0 Å². The van der Waals surface area contributed by atoms with Gasteiger partial charge in [0, 0.05) is 36.1 Å². The summed E-state index contributed by atoms with van der Waals surface area (Å²) in [6.07, 6.45) is 6.60. The number of nitrogens with two attached hydrogens (primary N) is 1. The summed E-state index contributed by atoms with van der Waals surface area (Å²) >= 11 is 0. The first kappa shape index (κ1) is 21.3. The molecule has 28 heavy (non-hydrogen) atoms. The number of hydrogen-bond donors (Lipinski definition) is 2. The number of carbonyl (C=O) groups is 1. The van der Waals surface area contributed by atoms with Crippen molar-refractivity contribution in [2.75, 3.05) is 6.61 Å². The minimum atomic E-state index is 0. The molecule has 3 N–H and O–H groups in total. The molecule has 4 rings (SSSR count). The molecule has 1 aromatic rings. The molecule has 156 valence electrons. The van der Waals surface area contributed by atoms with Crippen LogP contribution in [0.4, 0.5) is 0 Å². The highest BCUT2D eigenvalue weighted by Gasteiger charge is 2.40. The van der Waals surface area contributed by atoms with Crippen LogP contribution in [0, 0.1) is 17.8 Å². The first-order valence-electron chi connectivity index (χ1n) is 10.5. The van der Waals surface area contributed by atoms with Gasteiger partial charge in [-0.3, -0.25) is 4.79 Å². The molecule has 3 atom stereocenters. The van der Waals surface area contributed by atoms with Crippen molar-refractivity contribution < 1.29 is 14.3 Å². The van der Waals surface area contributed by atoms with Gasteiger partial charge in [-0.05, 0) is 63.5 Å². The molecule has 2 fully saturated rings. The Morgan fingerprint density at radius 2 is 2.00 bits per heavy atom. The highest BCUT2D eigenvalue weighted by Crippen LogP contribution is 2.42. The number of rotatable bonds is 5. The average molecular weight is 409 g/mol. The van der Waals surface area contributed by atoms with E-state index in [-0.39, 0.29) is 30.3 Å². The molecule has 3 aliphatic rings. The van der Waals surface area contributed by atoms with Gasteiger partial charge in [-0.25, -0.2) is 0 Å². The largest absolute Gasteiger partial charge is 0.494 e. The van der Waals surface area contributed by atoms with Gasteiger partial charge in [-0.15, -0.1) is 12.4 Å². The predicted molar refractivity (Wildman–Crippen MR) is 112 cm³/mol. The molecule has 0 spiro atoms. The van der Waals surface area contributed by atoms with E-state index in [2.05, 4.69) is 18.3 Å². The molecule has 6 heteroatoms. The fourth-order valence-electron chi connectivity index (χ4n) is 5.24. The predicted octanol–water partition coefficient (Wildman–Crippen LogP) is 3.60. The first-order valence-corrected chi connectivity index (χ1v) is 10.5. The number of nitrogens with one attached hydrogen (secondary N) is 1. The SMILES string of the molecule is CCOc1cc2c(cc1CNC(=O)C1CC3CCCC(C1)C3N)OC(C)C2.Cl. The summed E-state index contributed by atoms with van der Waals surface area (Å²) in [6, 6.07) is 4.41. The van der Waals surface area contributed by atoms with Crippen molar-refractivity contribution in [2.24, 2.45) is 23.5 Å². The maximum Gasteiger partial charge on any atom is 0.223 e. The Labute approximate surface area is 174 Å². The Bertz CT molecular complexity index is 697. The van der Waals surface area contributed by atoms with Gasteiger partial charge in [0.05, 0.1) is 6.61 Å². The quantitative estimate of drug-likeness (QED) is 0.780. The number of benzene rings is 1. The third-order valence-electron chi connectivity index (χ3n) is 6.62. The minimum absolute atomic E-state index is 0. The van der Waals surface area contributed by atoms with Crippen molar-refractivity contribution in [1.29, 1.82) is 0 Å². The number of amides is 1. The summed E-state index contributed by atoms with van der Waals surface area (Å²) in [5.41, 5.74) is 8.55. The van der Waals surface area contributed by atoms with Gasteiger partial charge in [0.15, 0.2) is 0 Å². The van der Waals surface area contributed by atoms with E-state index in [4.69, 9.17) is 15.2 Å². The van der Waals surface area contributed by atoms with Crippen molar-refractivity contribution in [2.45, 2.75) is 71.1 Å². The maximum atomic E-state index is 12.8. The van der Waals surface area contributed by atoms with E-state index in [0.717, 1.165) is 36.3 Å². The molecule has 3 unspecified atom stereocenters. The molecule has 2 bridgehead atoms. The molecule has 0 saturated heterocycles. The molecule has 0 aromatic heterocycles. The highest BCUT2D eigenvalue weighted by atomic mass is 35.5. The fraction of sp³-hybridized carbons (Fsp3) is 0.682. The van der Waals surface area contributed by atoms with E-state index in [9.17, 15) is 4.79 Å². The van der Waals surface area contributed by atoms with Crippen molar-refractivity contribution in [1.82, 2.24) is 5.32 Å². The highest BCUT2D eigenvalue weighted by molar-refractivity contribution is 5.85. The summed E-state index contributed by atoms with van der Waals surface area (Å²) in [6.45, 7) is 5.16. The standard InChI is InChI=1S/C22H32N2O3.ClH/c1-3-26-19-10-16-7-13(2)27-20(16)11-18(19)12-24-22(25)17-8-14-5-4-6-15(9-17)21(14)23;/h10-11,13-15,17,21H,3-9,12,23H2,1-2H3,(H,24,25);1H. The topological polar surface area (TPSA) is 73.6 Å². The van der Waals surface area contributed by atoms with Crippen LogP contribution in [-0.2, 0) is 17.8 Å². The third-order valence-corrected chi connectivity index (χ3v) is 6.62. The monoisotopic (exact) mass is 408 g/mol. The van der Waals surface area contributed by atoms with E-state index in [1.54, 1.807) is 0 Å². The lowest BCUT2D eigenvalue weighted by Gasteiger charge is -2.43. The molecular formula is C22H33ClN2O3. The van der Waals surface area contributed by atoms with E-state index < -0.39 is 0 Å². The second-order valence-corrected chi connectivity index (χ2v) is 8.55. The Morgan fingerprint density at radius 1 is 1.29 bits per heavy atom. The molecule has 1 amide bonds. The van der Waals surface area contributed by atoms with Crippen LogP contribution in [0.3, 0.4) is 0 Å². The lowest BCUT2D eigenvalue weighted by atomic mass is 9.65. The van der Waals surface area contributed by atoms with Crippen LogP contribution in [0.15, 0.2) is 12.1 Å². The second kappa shape index (κ2) is 8.91. The molecular weight excluding hydrogens is 376 g/mol. The molecule has 1 aliphatic heterocycles. The maximum absolute atomic E-state index is 12.8. The number of ether oxygens (including phenoxy) is 2. The Kier molecular flexibility index (Phi) is 6.77. The molecule has 2 aliphatic carbocycles. The van der Waals surface area contributed by atoms with E-state index in [0.29, 0.717) is 31.0 Å². The summed E-state index contributed by atoms with van der Waals surface area (Å²) in [4.78, 5) is 12.8. The number of carbonyl (C=O) groups excluding carboxylic acids is 1. The normalized spacial score (nSPS) is 30.6. The molecule has 0 radical (unpaired) electrons. The summed E-state index contributed by atoms with van der Waals surface area (Å²) in [5.74, 6) is 3.08. The van der Waals surface area contributed by atoms with Crippen molar-refractivity contribution in [3.8, 4) is 11.5 Å². The molecule has 5 nitrogen and oxygen atoms in total. The Balaban J connectivity index is 0.00000225. The summed E-state index contributed by atoms with van der Waals surface area (Å²) in [7, 11) is 0. The van der Waals surface area contributed by atoms with Gasteiger partial charge < -0.3 is 20.5 Å². The molecule has 2 saturated carbocycles. The Morgan fingerprint density at radius 3 is 2.68 bits per heavy atom. The zero-order valence-corrected chi connectivity index (χ0v) is 17.7. The van der Waals surface area contributed by atoms with Crippen LogP contribution in [0.1, 0.15) is 57.1 Å².